The molecule has 208 valence electrons. The summed E-state index contributed by atoms with van der Waals surface area (Å²) in [4.78, 5) is 10.1. The van der Waals surface area contributed by atoms with Gasteiger partial charge in [-0.25, -0.2) is 0 Å². The number of piperidine rings is 2. The van der Waals surface area contributed by atoms with Crippen molar-refractivity contribution in [3.63, 3.8) is 0 Å². The van der Waals surface area contributed by atoms with Crippen LogP contribution in [0, 0.1) is 0 Å². The van der Waals surface area contributed by atoms with Crippen molar-refractivity contribution in [2.75, 3.05) is 36.0 Å². The van der Waals surface area contributed by atoms with E-state index in [1.54, 1.807) is 0 Å². The maximum absolute atomic E-state index is 4.93. The molecule has 0 radical (unpaired) electrons. The summed E-state index contributed by atoms with van der Waals surface area (Å²) in [5, 5.41) is 7.77. The summed E-state index contributed by atoms with van der Waals surface area (Å²) in [7, 11) is 0. The zero-order valence-corrected chi connectivity index (χ0v) is 24.2. The minimum atomic E-state index is 1.04. The zero-order chi connectivity index (χ0) is 27.9. The molecule has 8 rings (SSSR count). The Balaban J connectivity index is 1.49. The molecule has 2 saturated heterocycles. The Morgan fingerprint density at radius 2 is 1.05 bits per heavy atom. The maximum atomic E-state index is 4.93. The van der Waals surface area contributed by atoms with Gasteiger partial charge in [-0.1, -0.05) is 60.7 Å². The molecule has 1 aromatic heterocycles. The van der Waals surface area contributed by atoms with Crippen molar-refractivity contribution in [2.45, 2.75) is 38.5 Å². The Hall–Kier alpha value is -4.37. The van der Waals surface area contributed by atoms with Crippen LogP contribution < -0.4 is 9.80 Å². The summed E-state index contributed by atoms with van der Waals surface area (Å²) in [5.74, 6) is 0. The van der Waals surface area contributed by atoms with Crippen molar-refractivity contribution in [2.24, 2.45) is 0 Å². The van der Waals surface area contributed by atoms with Crippen LogP contribution in [0.5, 0.6) is 0 Å². The third-order valence-electron chi connectivity index (χ3n) is 9.51. The number of anilines is 2. The van der Waals surface area contributed by atoms with Crippen LogP contribution in [0.4, 0.5) is 11.4 Å². The third kappa shape index (κ3) is 4.39. The largest absolute Gasteiger partial charge is 0.372 e. The van der Waals surface area contributed by atoms with Gasteiger partial charge in [-0.05, 0) is 118 Å². The molecule has 0 N–H and O–H groups in total. The molecule has 2 aliphatic rings. The van der Waals surface area contributed by atoms with Gasteiger partial charge in [0.2, 0.25) is 0 Å². The number of hydrogen-bond acceptors (Lipinski definition) is 3. The van der Waals surface area contributed by atoms with E-state index in [4.69, 9.17) is 4.98 Å². The van der Waals surface area contributed by atoms with Crippen molar-refractivity contribution < 1.29 is 0 Å². The fourth-order valence-corrected chi connectivity index (χ4v) is 7.42. The molecule has 3 heteroatoms. The van der Waals surface area contributed by atoms with Gasteiger partial charge in [0.15, 0.2) is 0 Å². The number of nitrogens with zero attached hydrogens (tertiary/aromatic N) is 3. The smallest absolute Gasteiger partial charge is 0.0714 e. The number of benzene rings is 5. The fourth-order valence-electron chi connectivity index (χ4n) is 7.42. The van der Waals surface area contributed by atoms with Gasteiger partial charge in [-0.2, -0.15) is 0 Å². The molecular formula is C39H37N3. The average Bonchev–Trinajstić information content (AvgIpc) is 3.07. The second-order valence-electron chi connectivity index (χ2n) is 12.0. The molecule has 3 heterocycles. The van der Waals surface area contributed by atoms with Crippen LogP contribution in [0.25, 0.3) is 54.7 Å². The number of hydrogen-bond donors (Lipinski definition) is 0. The molecule has 0 amide bonds. The van der Waals surface area contributed by atoms with E-state index in [1.165, 1.54) is 98.9 Å². The molecule has 0 saturated carbocycles. The standard InChI is InChI=1S/C39H37N3/c1-7-22-41(23-8-1)29-18-20-34-35(26-29)38(32-15-11-13-28-12-3-4-14-31(28)32)33-19-17-30(42-24-9-2-10-25-42)27-36(33)39(34)37-16-5-6-21-40-37/h3-6,11-21,26-27H,1-2,7-10,22-25H2. The Labute approximate surface area is 248 Å². The summed E-state index contributed by atoms with van der Waals surface area (Å²) in [6.45, 7) is 4.53. The Morgan fingerprint density at radius 3 is 1.71 bits per heavy atom. The first-order chi connectivity index (χ1) is 20.8. The number of pyridine rings is 1. The molecule has 0 spiro atoms. The van der Waals surface area contributed by atoms with Crippen molar-refractivity contribution in [3.05, 3.63) is 103 Å². The predicted molar refractivity (Wildman–Crippen MR) is 180 cm³/mol. The minimum absolute atomic E-state index is 1.04. The lowest BCUT2D eigenvalue weighted by Gasteiger charge is -2.30. The number of aromatic nitrogens is 1. The van der Waals surface area contributed by atoms with E-state index in [1.807, 2.05) is 12.3 Å². The molecular weight excluding hydrogens is 510 g/mol. The molecule has 0 bridgehead atoms. The van der Waals surface area contributed by atoms with Gasteiger partial charge >= 0.3 is 0 Å². The Kier molecular flexibility index (Phi) is 6.52. The summed E-state index contributed by atoms with van der Waals surface area (Å²) >= 11 is 0. The molecule has 0 unspecified atom stereocenters. The van der Waals surface area contributed by atoms with Crippen LogP contribution >= 0.6 is 0 Å². The monoisotopic (exact) mass is 547 g/mol. The highest BCUT2D eigenvalue weighted by molar-refractivity contribution is 6.24. The van der Waals surface area contributed by atoms with E-state index in [2.05, 4.69) is 101 Å². The van der Waals surface area contributed by atoms with E-state index >= 15 is 0 Å². The van der Waals surface area contributed by atoms with Crippen LogP contribution in [0.2, 0.25) is 0 Å². The highest BCUT2D eigenvalue weighted by atomic mass is 15.1. The average molecular weight is 548 g/mol. The SMILES string of the molecule is c1ccc(-c2c3cc(N4CCCCC4)ccc3c(-c3cccc4ccccc34)c3cc(N4CCCCC4)ccc23)nc1. The predicted octanol–water partition coefficient (Wildman–Crippen LogP) is 9.86. The minimum Gasteiger partial charge on any atom is -0.372 e. The van der Waals surface area contributed by atoms with E-state index < -0.39 is 0 Å². The van der Waals surface area contributed by atoms with E-state index in [-0.39, 0.29) is 0 Å². The normalized spacial score (nSPS) is 16.0. The number of rotatable bonds is 4. The van der Waals surface area contributed by atoms with Crippen LogP contribution in [0.3, 0.4) is 0 Å². The Morgan fingerprint density at radius 1 is 0.452 bits per heavy atom. The summed E-state index contributed by atoms with van der Waals surface area (Å²) in [6.07, 6.45) is 9.67. The Bertz CT molecular complexity index is 1890. The highest BCUT2D eigenvalue weighted by Gasteiger charge is 2.22. The van der Waals surface area contributed by atoms with E-state index in [0.29, 0.717) is 0 Å². The van der Waals surface area contributed by atoms with Crippen molar-refractivity contribution in [1.82, 2.24) is 4.98 Å². The lowest BCUT2D eigenvalue weighted by Crippen LogP contribution is -2.29. The van der Waals surface area contributed by atoms with Crippen LogP contribution in [0.1, 0.15) is 38.5 Å². The fraction of sp³-hybridized carbons (Fsp3) is 0.256. The lowest BCUT2D eigenvalue weighted by atomic mass is 9.85. The van der Waals surface area contributed by atoms with Gasteiger partial charge in [0, 0.05) is 49.3 Å². The maximum Gasteiger partial charge on any atom is 0.0714 e. The first-order valence-corrected chi connectivity index (χ1v) is 15.8. The third-order valence-corrected chi connectivity index (χ3v) is 9.51. The molecule has 6 aromatic rings. The van der Waals surface area contributed by atoms with Gasteiger partial charge in [-0.15, -0.1) is 0 Å². The molecule has 2 aliphatic heterocycles. The molecule has 0 atom stereocenters. The lowest BCUT2D eigenvalue weighted by molar-refractivity contribution is 0.578. The quantitative estimate of drug-likeness (QED) is 0.205. The van der Waals surface area contributed by atoms with Crippen LogP contribution in [-0.2, 0) is 0 Å². The first kappa shape index (κ1) is 25.3. The zero-order valence-electron chi connectivity index (χ0n) is 24.2. The molecule has 2 fully saturated rings. The van der Waals surface area contributed by atoms with Crippen LogP contribution in [-0.4, -0.2) is 31.2 Å². The molecule has 5 aromatic carbocycles. The first-order valence-electron chi connectivity index (χ1n) is 15.8. The van der Waals surface area contributed by atoms with Crippen LogP contribution in [0.15, 0.2) is 103 Å². The summed E-state index contributed by atoms with van der Waals surface area (Å²) < 4.78 is 0. The highest BCUT2D eigenvalue weighted by Crippen LogP contribution is 2.47. The van der Waals surface area contributed by atoms with Crippen molar-refractivity contribution >= 4 is 43.7 Å². The van der Waals surface area contributed by atoms with Crippen molar-refractivity contribution in [3.8, 4) is 22.4 Å². The van der Waals surface area contributed by atoms with Gasteiger partial charge < -0.3 is 9.80 Å². The second-order valence-corrected chi connectivity index (χ2v) is 12.0. The van der Waals surface area contributed by atoms with Gasteiger partial charge in [0.1, 0.15) is 0 Å². The summed E-state index contributed by atoms with van der Waals surface area (Å²) in [6, 6.07) is 36.4. The van der Waals surface area contributed by atoms with E-state index in [0.717, 1.165) is 31.9 Å². The second kappa shape index (κ2) is 10.8. The van der Waals surface area contributed by atoms with Gasteiger partial charge in [0.05, 0.1) is 5.69 Å². The molecule has 42 heavy (non-hydrogen) atoms. The number of fused-ring (bicyclic) bond motifs is 3. The summed E-state index contributed by atoms with van der Waals surface area (Å²) in [5.41, 5.74) is 7.58. The van der Waals surface area contributed by atoms with Crippen molar-refractivity contribution in [1.29, 1.82) is 0 Å². The topological polar surface area (TPSA) is 19.4 Å². The molecule has 3 nitrogen and oxygen atoms in total. The van der Waals surface area contributed by atoms with Gasteiger partial charge in [-0.3, -0.25) is 4.98 Å². The van der Waals surface area contributed by atoms with E-state index in [9.17, 15) is 0 Å². The molecule has 0 aliphatic carbocycles. The van der Waals surface area contributed by atoms with Gasteiger partial charge in [0.25, 0.3) is 0 Å².